The number of rotatable bonds is 0. The zero-order chi connectivity index (χ0) is 9.42. The number of aromatic nitrogens is 3. The first-order chi connectivity index (χ1) is 6.16. The molecule has 0 bridgehead atoms. The van der Waals surface area contributed by atoms with Gasteiger partial charge in [0.15, 0.2) is 0 Å². The molecule has 2 aromatic heterocycles. The molecule has 0 saturated heterocycles. The van der Waals surface area contributed by atoms with E-state index in [1.807, 2.05) is 0 Å². The molecule has 0 saturated carbocycles. The number of nitrogens with one attached hydrogen (secondary N) is 2. The quantitative estimate of drug-likeness (QED) is 0.552. The molecule has 7 heteroatoms. The number of nitrogens with zero attached hydrogens (tertiary/aromatic N) is 1. The van der Waals surface area contributed by atoms with Gasteiger partial charge in [-0.25, -0.2) is 4.98 Å². The van der Waals surface area contributed by atoms with Crippen LogP contribution in [-0.4, -0.2) is 15.0 Å². The summed E-state index contributed by atoms with van der Waals surface area (Å²) in [7, 11) is 0. The molecule has 2 heterocycles. The molecule has 14 heavy (non-hydrogen) atoms. The summed E-state index contributed by atoms with van der Waals surface area (Å²) in [5.41, 5.74) is -0.276. The summed E-state index contributed by atoms with van der Waals surface area (Å²) in [5, 5.41) is 0. The first kappa shape index (κ1) is 10.9. The predicted molar refractivity (Wildman–Crippen MR) is 57.9 cm³/mol. The molecular formula is C7H5BrClN3O2. The van der Waals surface area contributed by atoms with Crippen LogP contribution in [0.5, 0.6) is 0 Å². The van der Waals surface area contributed by atoms with Crippen molar-refractivity contribution in [1.29, 1.82) is 0 Å². The smallest absolute Gasteiger partial charge is 0.314 e. The first-order valence-electron chi connectivity index (χ1n) is 3.45. The second kappa shape index (κ2) is 3.93. The van der Waals surface area contributed by atoms with Gasteiger partial charge in [-0.1, -0.05) is 0 Å². The number of halogens is 2. The molecule has 0 atom stereocenters. The highest BCUT2D eigenvalue weighted by Gasteiger charge is 1.99. The van der Waals surface area contributed by atoms with Gasteiger partial charge < -0.3 is 9.97 Å². The minimum atomic E-state index is -0.670. The fourth-order valence-corrected chi connectivity index (χ4v) is 1.32. The van der Waals surface area contributed by atoms with Crippen molar-refractivity contribution in [2.45, 2.75) is 0 Å². The van der Waals surface area contributed by atoms with Crippen molar-refractivity contribution < 1.29 is 0 Å². The van der Waals surface area contributed by atoms with Gasteiger partial charge in [0.05, 0.1) is 17.2 Å². The largest absolute Gasteiger partial charge is 0.316 e. The van der Waals surface area contributed by atoms with E-state index < -0.39 is 11.1 Å². The van der Waals surface area contributed by atoms with Crippen molar-refractivity contribution in [3.63, 3.8) is 0 Å². The number of H-pyrrole nitrogens is 2. The lowest BCUT2D eigenvalue weighted by atomic mass is 10.4. The summed E-state index contributed by atoms with van der Waals surface area (Å²) in [4.78, 5) is 30.5. The Labute approximate surface area is 92.1 Å². The molecule has 2 aromatic rings. The average Bonchev–Trinajstić information content (AvgIpc) is 2.08. The Hall–Kier alpha value is -1.14. The van der Waals surface area contributed by atoms with Gasteiger partial charge in [0.25, 0.3) is 0 Å². The lowest BCUT2D eigenvalue weighted by Gasteiger charge is -1.95. The molecule has 0 aliphatic heterocycles. The Bertz CT molecular complexity index is 577. The number of hydrogen-bond acceptors (Lipinski definition) is 3. The molecule has 0 aliphatic carbocycles. The van der Waals surface area contributed by atoms with Crippen LogP contribution in [-0.2, 0) is 0 Å². The van der Waals surface area contributed by atoms with Crippen LogP contribution in [0.3, 0.4) is 0 Å². The van der Waals surface area contributed by atoms with Gasteiger partial charge in [0.1, 0.15) is 4.60 Å². The third kappa shape index (κ3) is 1.85. The summed E-state index contributed by atoms with van der Waals surface area (Å²) >= 11 is 3.15. The second-order valence-corrected chi connectivity index (χ2v) is 3.27. The van der Waals surface area contributed by atoms with Gasteiger partial charge in [0.2, 0.25) is 0 Å². The Morgan fingerprint density at radius 1 is 1.14 bits per heavy atom. The fraction of sp³-hybridized carbons (Fsp3) is 0. The zero-order valence-corrected chi connectivity index (χ0v) is 9.11. The van der Waals surface area contributed by atoms with Gasteiger partial charge >= 0.3 is 11.1 Å². The van der Waals surface area contributed by atoms with E-state index in [0.29, 0.717) is 15.6 Å². The normalized spacial score (nSPS) is 9.79. The maximum atomic E-state index is 10.9. The molecule has 2 N–H and O–H groups in total. The van der Waals surface area contributed by atoms with Gasteiger partial charge in [-0.3, -0.25) is 9.59 Å². The standard InChI is InChI=1S/C7H4BrN3O2.ClH/c8-5-1-3-4(2-9-5)11-7(13)6(12)10-3;/h1-2H,(H,10,12)(H,11,13);1H. The van der Waals surface area contributed by atoms with Crippen LogP contribution in [0.2, 0.25) is 0 Å². The Morgan fingerprint density at radius 3 is 2.36 bits per heavy atom. The number of fused-ring (bicyclic) bond motifs is 1. The Morgan fingerprint density at radius 2 is 1.71 bits per heavy atom. The van der Waals surface area contributed by atoms with Crippen molar-refractivity contribution in [3.05, 3.63) is 37.6 Å². The Kier molecular flexibility index (Phi) is 3.07. The van der Waals surface area contributed by atoms with Gasteiger partial charge in [-0.2, -0.15) is 0 Å². The summed E-state index contributed by atoms with van der Waals surface area (Å²) in [6, 6.07) is 1.62. The third-order valence-electron chi connectivity index (χ3n) is 1.57. The monoisotopic (exact) mass is 277 g/mol. The van der Waals surface area contributed by atoms with Gasteiger partial charge in [0, 0.05) is 0 Å². The lowest BCUT2D eigenvalue weighted by molar-refractivity contribution is 1.13. The maximum absolute atomic E-state index is 10.9. The maximum Gasteiger partial charge on any atom is 0.314 e. The summed E-state index contributed by atoms with van der Waals surface area (Å²) in [6.07, 6.45) is 1.47. The van der Waals surface area contributed by atoms with Gasteiger partial charge in [-0.15, -0.1) is 12.4 Å². The molecule has 5 nitrogen and oxygen atoms in total. The van der Waals surface area contributed by atoms with Crippen LogP contribution in [0.15, 0.2) is 26.5 Å². The van der Waals surface area contributed by atoms with E-state index in [0.717, 1.165) is 0 Å². The van der Waals surface area contributed by atoms with E-state index in [-0.39, 0.29) is 12.4 Å². The van der Waals surface area contributed by atoms with Crippen LogP contribution in [0.4, 0.5) is 0 Å². The molecule has 0 radical (unpaired) electrons. The van der Waals surface area contributed by atoms with Crippen LogP contribution in [0, 0.1) is 0 Å². The van der Waals surface area contributed by atoms with Crippen molar-refractivity contribution in [2.24, 2.45) is 0 Å². The highest BCUT2D eigenvalue weighted by Crippen LogP contribution is 2.10. The molecule has 2 rings (SSSR count). The second-order valence-electron chi connectivity index (χ2n) is 2.46. The van der Waals surface area contributed by atoms with Crippen LogP contribution in [0.1, 0.15) is 0 Å². The highest BCUT2D eigenvalue weighted by molar-refractivity contribution is 9.10. The predicted octanol–water partition coefficient (Wildman–Crippen LogP) is 0.796. The van der Waals surface area contributed by atoms with Gasteiger partial charge in [-0.05, 0) is 22.0 Å². The average molecular weight is 278 g/mol. The van der Waals surface area contributed by atoms with Crippen molar-refractivity contribution >= 4 is 39.4 Å². The minimum absolute atomic E-state index is 0. The SMILES string of the molecule is Cl.O=c1[nH]c2cnc(Br)cc2[nH]c1=O. The van der Waals surface area contributed by atoms with E-state index in [1.165, 1.54) is 6.20 Å². The minimum Gasteiger partial charge on any atom is -0.316 e. The molecule has 0 unspecified atom stereocenters. The molecular weight excluding hydrogens is 273 g/mol. The summed E-state index contributed by atoms with van der Waals surface area (Å²) in [6.45, 7) is 0. The fourth-order valence-electron chi connectivity index (χ4n) is 0.991. The number of aromatic amines is 2. The molecule has 0 spiro atoms. The summed E-state index contributed by atoms with van der Waals surface area (Å²) in [5.74, 6) is 0. The lowest BCUT2D eigenvalue weighted by Crippen LogP contribution is -2.28. The van der Waals surface area contributed by atoms with E-state index in [4.69, 9.17) is 0 Å². The topological polar surface area (TPSA) is 78.6 Å². The zero-order valence-electron chi connectivity index (χ0n) is 6.70. The van der Waals surface area contributed by atoms with Crippen LogP contribution < -0.4 is 11.1 Å². The van der Waals surface area contributed by atoms with E-state index >= 15 is 0 Å². The van der Waals surface area contributed by atoms with Crippen LogP contribution >= 0.6 is 28.3 Å². The molecule has 0 aliphatic rings. The third-order valence-corrected chi connectivity index (χ3v) is 2.01. The van der Waals surface area contributed by atoms with E-state index in [2.05, 4.69) is 30.9 Å². The van der Waals surface area contributed by atoms with E-state index in [9.17, 15) is 9.59 Å². The summed E-state index contributed by atoms with van der Waals surface area (Å²) < 4.78 is 0.600. The number of hydrogen-bond donors (Lipinski definition) is 2. The first-order valence-corrected chi connectivity index (χ1v) is 4.24. The van der Waals surface area contributed by atoms with Crippen molar-refractivity contribution in [1.82, 2.24) is 15.0 Å². The molecule has 74 valence electrons. The molecule has 0 amide bonds. The van der Waals surface area contributed by atoms with Crippen molar-refractivity contribution in [2.75, 3.05) is 0 Å². The van der Waals surface area contributed by atoms with E-state index in [1.54, 1.807) is 6.07 Å². The van der Waals surface area contributed by atoms with Crippen LogP contribution in [0.25, 0.3) is 11.0 Å². The highest BCUT2D eigenvalue weighted by atomic mass is 79.9. The number of pyridine rings is 1. The van der Waals surface area contributed by atoms with Crippen molar-refractivity contribution in [3.8, 4) is 0 Å². The molecule has 0 fully saturated rings. The molecule has 0 aromatic carbocycles. The Balaban J connectivity index is 0.000000980.